The highest BCUT2D eigenvalue weighted by Gasteiger charge is 2.00. The van der Waals surface area contributed by atoms with Gasteiger partial charge in [-0.2, -0.15) is 5.10 Å². The van der Waals surface area contributed by atoms with Gasteiger partial charge in [0.1, 0.15) is 0 Å². The fourth-order valence-electron chi connectivity index (χ4n) is 1.32. The molecule has 0 amide bonds. The van der Waals surface area contributed by atoms with Gasteiger partial charge < -0.3 is 0 Å². The Kier molecular flexibility index (Phi) is 4.34. The van der Waals surface area contributed by atoms with E-state index in [-0.39, 0.29) is 0 Å². The van der Waals surface area contributed by atoms with E-state index in [1.807, 2.05) is 48.5 Å². The number of para-hydroxylation sites is 1. The standard InChI is InChI=1S/C13H10Br2N2/c14-12-7-4-8-13(15)11(12)9-16-17-10-5-2-1-3-6-10/h1-9,17H. The highest BCUT2D eigenvalue weighted by atomic mass is 79.9. The molecule has 2 aromatic carbocycles. The smallest absolute Gasteiger partial charge is 0.0567 e. The van der Waals surface area contributed by atoms with E-state index in [1.54, 1.807) is 6.21 Å². The molecule has 0 aliphatic carbocycles. The Morgan fingerprint density at radius 3 is 2.18 bits per heavy atom. The summed E-state index contributed by atoms with van der Waals surface area (Å²) in [5, 5.41) is 4.20. The maximum atomic E-state index is 4.20. The number of hydrogen-bond donors (Lipinski definition) is 1. The van der Waals surface area contributed by atoms with Gasteiger partial charge in [-0.25, -0.2) is 0 Å². The third-order valence-electron chi connectivity index (χ3n) is 2.16. The van der Waals surface area contributed by atoms with Crippen LogP contribution in [0.5, 0.6) is 0 Å². The summed E-state index contributed by atoms with van der Waals surface area (Å²) in [4.78, 5) is 0. The SMILES string of the molecule is Brc1cccc(Br)c1C=NNc1ccccc1. The third kappa shape index (κ3) is 3.41. The van der Waals surface area contributed by atoms with Crippen LogP contribution in [0.3, 0.4) is 0 Å². The Morgan fingerprint density at radius 1 is 0.882 bits per heavy atom. The fraction of sp³-hybridized carbons (Fsp3) is 0. The first-order chi connectivity index (χ1) is 8.27. The molecule has 0 saturated carbocycles. The predicted molar refractivity (Wildman–Crippen MR) is 79.5 cm³/mol. The van der Waals surface area contributed by atoms with Crippen molar-refractivity contribution in [1.82, 2.24) is 0 Å². The van der Waals surface area contributed by atoms with Gasteiger partial charge in [0.2, 0.25) is 0 Å². The topological polar surface area (TPSA) is 24.4 Å². The molecule has 0 spiro atoms. The Balaban J connectivity index is 2.11. The predicted octanol–water partition coefficient (Wildman–Crippen LogP) is 4.66. The largest absolute Gasteiger partial charge is 0.279 e. The van der Waals surface area contributed by atoms with E-state index in [9.17, 15) is 0 Å². The van der Waals surface area contributed by atoms with Gasteiger partial charge in [0.15, 0.2) is 0 Å². The molecule has 0 heterocycles. The Bertz CT molecular complexity index is 504. The summed E-state index contributed by atoms with van der Waals surface area (Å²) in [6, 6.07) is 15.8. The van der Waals surface area contributed by atoms with Crippen LogP contribution in [0.1, 0.15) is 5.56 Å². The molecule has 2 aromatic rings. The zero-order chi connectivity index (χ0) is 12.1. The molecule has 0 radical (unpaired) electrons. The van der Waals surface area contributed by atoms with Crippen LogP contribution in [-0.2, 0) is 0 Å². The fourth-order valence-corrected chi connectivity index (χ4v) is 2.52. The minimum atomic E-state index is 0.965. The molecule has 86 valence electrons. The molecule has 4 heteroatoms. The molecule has 0 aliphatic rings. The summed E-state index contributed by atoms with van der Waals surface area (Å²) in [5.41, 5.74) is 4.95. The lowest BCUT2D eigenvalue weighted by molar-refractivity contribution is 1.35. The van der Waals surface area contributed by atoms with Crippen molar-refractivity contribution in [3.63, 3.8) is 0 Å². The van der Waals surface area contributed by atoms with Crippen molar-refractivity contribution in [3.8, 4) is 0 Å². The average molecular weight is 354 g/mol. The first-order valence-electron chi connectivity index (χ1n) is 5.05. The highest BCUT2D eigenvalue weighted by Crippen LogP contribution is 2.23. The van der Waals surface area contributed by atoms with Gasteiger partial charge in [0, 0.05) is 14.5 Å². The van der Waals surface area contributed by atoms with Gasteiger partial charge in [-0.1, -0.05) is 56.1 Å². The molecule has 0 saturated heterocycles. The number of hydrogen-bond acceptors (Lipinski definition) is 2. The maximum absolute atomic E-state index is 4.20. The average Bonchev–Trinajstić information content (AvgIpc) is 2.34. The normalized spacial score (nSPS) is 10.7. The molecule has 0 bridgehead atoms. The van der Waals surface area contributed by atoms with Crippen LogP contribution in [0.4, 0.5) is 5.69 Å². The monoisotopic (exact) mass is 352 g/mol. The maximum Gasteiger partial charge on any atom is 0.0567 e. The first kappa shape index (κ1) is 12.3. The lowest BCUT2D eigenvalue weighted by Crippen LogP contribution is -1.91. The minimum absolute atomic E-state index is 0.965. The molecule has 0 aromatic heterocycles. The molecule has 0 fully saturated rings. The van der Waals surface area contributed by atoms with Crippen molar-refractivity contribution in [3.05, 3.63) is 63.0 Å². The van der Waals surface area contributed by atoms with E-state index in [4.69, 9.17) is 0 Å². The van der Waals surface area contributed by atoms with E-state index in [0.29, 0.717) is 0 Å². The Labute approximate surface area is 117 Å². The molecule has 1 N–H and O–H groups in total. The van der Waals surface area contributed by atoms with Crippen molar-refractivity contribution in [2.75, 3.05) is 5.43 Å². The van der Waals surface area contributed by atoms with Crippen LogP contribution in [0.15, 0.2) is 62.6 Å². The van der Waals surface area contributed by atoms with Crippen molar-refractivity contribution in [2.45, 2.75) is 0 Å². The van der Waals surface area contributed by atoms with Crippen LogP contribution in [0.25, 0.3) is 0 Å². The Morgan fingerprint density at radius 2 is 1.53 bits per heavy atom. The molecule has 0 unspecified atom stereocenters. The summed E-state index contributed by atoms with van der Waals surface area (Å²) in [6.45, 7) is 0. The second-order valence-electron chi connectivity index (χ2n) is 3.37. The summed E-state index contributed by atoms with van der Waals surface area (Å²) >= 11 is 6.97. The number of rotatable bonds is 3. The van der Waals surface area contributed by atoms with Gasteiger partial charge in [-0.05, 0) is 24.3 Å². The van der Waals surface area contributed by atoms with Crippen molar-refractivity contribution in [2.24, 2.45) is 5.10 Å². The van der Waals surface area contributed by atoms with Gasteiger partial charge in [-0.3, -0.25) is 5.43 Å². The third-order valence-corrected chi connectivity index (χ3v) is 3.54. The Hall–Kier alpha value is -1.13. The number of halogens is 2. The van der Waals surface area contributed by atoms with Crippen molar-refractivity contribution < 1.29 is 0 Å². The lowest BCUT2D eigenvalue weighted by atomic mass is 10.2. The van der Waals surface area contributed by atoms with E-state index < -0.39 is 0 Å². The second kappa shape index (κ2) is 5.98. The molecule has 2 nitrogen and oxygen atoms in total. The quantitative estimate of drug-likeness (QED) is 0.630. The van der Waals surface area contributed by atoms with Crippen molar-refractivity contribution in [1.29, 1.82) is 0 Å². The van der Waals surface area contributed by atoms with Crippen LogP contribution in [-0.4, -0.2) is 6.21 Å². The lowest BCUT2D eigenvalue weighted by Gasteiger charge is -2.02. The number of nitrogens with one attached hydrogen (secondary N) is 1. The number of anilines is 1. The zero-order valence-corrected chi connectivity index (χ0v) is 12.1. The minimum Gasteiger partial charge on any atom is -0.279 e. The summed E-state index contributed by atoms with van der Waals surface area (Å²) < 4.78 is 2.01. The van der Waals surface area contributed by atoms with Crippen LogP contribution in [0, 0.1) is 0 Å². The van der Waals surface area contributed by atoms with Gasteiger partial charge in [0.05, 0.1) is 11.9 Å². The summed E-state index contributed by atoms with van der Waals surface area (Å²) in [6.07, 6.45) is 1.78. The summed E-state index contributed by atoms with van der Waals surface area (Å²) in [7, 11) is 0. The number of nitrogens with zero attached hydrogens (tertiary/aromatic N) is 1. The van der Waals surface area contributed by atoms with Crippen LogP contribution >= 0.6 is 31.9 Å². The van der Waals surface area contributed by atoms with E-state index >= 15 is 0 Å². The number of hydrazone groups is 1. The van der Waals surface area contributed by atoms with E-state index in [0.717, 1.165) is 20.2 Å². The molecular weight excluding hydrogens is 344 g/mol. The molecule has 2 rings (SSSR count). The molecule has 17 heavy (non-hydrogen) atoms. The summed E-state index contributed by atoms with van der Waals surface area (Å²) in [5.74, 6) is 0. The molecule has 0 aliphatic heterocycles. The van der Waals surface area contributed by atoms with Crippen molar-refractivity contribution >= 4 is 43.8 Å². The second-order valence-corrected chi connectivity index (χ2v) is 5.08. The zero-order valence-electron chi connectivity index (χ0n) is 8.90. The van der Waals surface area contributed by atoms with E-state index in [2.05, 4.69) is 42.4 Å². The molecule has 0 atom stereocenters. The number of benzene rings is 2. The first-order valence-corrected chi connectivity index (χ1v) is 6.64. The van der Waals surface area contributed by atoms with Gasteiger partial charge in [0.25, 0.3) is 0 Å². The van der Waals surface area contributed by atoms with E-state index in [1.165, 1.54) is 0 Å². The van der Waals surface area contributed by atoms with Crippen LogP contribution < -0.4 is 5.43 Å². The van der Waals surface area contributed by atoms with Gasteiger partial charge in [-0.15, -0.1) is 0 Å². The van der Waals surface area contributed by atoms with Crippen LogP contribution in [0.2, 0.25) is 0 Å². The van der Waals surface area contributed by atoms with Gasteiger partial charge >= 0.3 is 0 Å². The molecular formula is C13H10Br2N2. The highest BCUT2D eigenvalue weighted by molar-refractivity contribution is 9.11.